The summed E-state index contributed by atoms with van der Waals surface area (Å²) in [4.78, 5) is 12.3. The monoisotopic (exact) mass is 323 g/mol. The third kappa shape index (κ3) is 2.84. The van der Waals surface area contributed by atoms with Gasteiger partial charge in [-0.15, -0.1) is 0 Å². The summed E-state index contributed by atoms with van der Waals surface area (Å²) in [6, 6.07) is 3.97. The SMILES string of the molecule is Cn1cc([C@@H]2OCC[C@H]2NC(=O)c2cccc(F)c2Cl)cn1. The number of rotatable bonds is 3. The van der Waals surface area contributed by atoms with Crippen molar-refractivity contribution in [3.05, 3.63) is 52.6 Å². The van der Waals surface area contributed by atoms with E-state index >= 15 is 0 Å². The summed E-state index contributed by atoms with van der Waals surface area (Å²) >= 11 is 5.85. The molecule has 3 rings (SSSR count). The van der Waals surface area contributed by atoms with Crippen molar-refractivity contribution in [2.45, 2.75) is 18.6 Å². The maximum Gasteiger partial charge on any atom is 0.253 e. The maximum absolute atomic E-state index is 13.4. The van der Waals surface area contributed by atoms with E-state index in [0.29, 0.717) is 13.0 Å². The van der Waals surface area contributed by atoms with Gasteiger partial charge in [-0.2, -0.15) is 5.10 Å². The van der Waals surface area contributed by atoms with Gasteiger partial charge in [0.25, 0.3) is 5.91 Å². The number of halogens is 2. The van der Waals surface area contributed by atoms with Crippen LogP contribution in [0.5, 0.6) is 0 Å². The average Bonchev–Trinajstić information content (AvgIpc) is 3.10. The van der Waals surface area contributed by atoms with E-state index in [9.17, 15) is 9.18 Å². The molecule has 0 bridgehead atoms. The van der Waals surface area contributed by atoms with E-state index in [1.807, 2.05) is 13.2 Å². The van der Waals surface area contributed by atoms with Crippen molar-refractivity contribution in [1.82, 2.24) is 15.1 Å². The van der Waals surface area contributed by atoms with E-state index < -0.39 is 11.7 Å². The van der Waals surface area contributed by atoms with Crippen LogP contribution < -0.4 is 5.32 Å². The van der Waals surface area contributed by atoms with Gasteiger partial charge < -0.3 is 10.1 Å². The Morgan fingerprint density at radius 2 is 2.36 bits per heavy atom. The number of hydrogen-bond donors (Lipinski definition) is 1. The Labute approximate surface area is 132 Å². The molecule has 1 aliphatic heterocycles. The van der Waals surface area contributed by atoms with Crippen molar-refractivity contribution in [2.24, 2.45) is 7.05 Å². The molecule has 1 aromatic carbocycles. The lowest BCUT2D eigenvalue weighted by Gasteiger charge is -2.19. The van der Waals surface area contributed by atoms with Gasteiger partial charge in [0, 0.05) is 25.4 Å². The summed E-state index contributed by atoms with van der Waals surface area (Å²) in [5.74, 6) is -1.02. The number of nitrogens with zero attached hydrogens (tertiary/aromatic N) is 2. The van der Waals surface area contributed by atoms with E-state index in [0.717, 1.165) is 5.56 Å². The first-order chi connectivity index (χ1) is 10.6. The minimum absolute atomic E-state index is 0.124. The number of carbonyl (C=O) groups is 1. The summed E-state index contributed by atoms with van der Waals surface area (Å²) < 4.78 is 20.8. The van der Waals surface area contributed by atoms with Crippen LogP contribution in [-0.2, 0) is 11.8 Å². The molecular formula is C15H15ClFN3O2. The van der Waals surface area contributed by atoms with Crippen molar-refractivity contribution in [3.8, 4) is 0 Å². The quantitative estimate of drug-likeness (QED) is 0.944. The molecule has 22 heavy (non-hydrogen) atoms. The van der Waals surface area contributed by atoms with Gasteiger partial charge >= 0.3 is 0 Å². The number of amides is 1. The zero-order valence-electron chi connectivity index (χ0n) is 11.9. The molecule has 2 heterocycles. The minimum atomic E-state index is -0.610. The van der Waals surface area contributed by atoms with Gasteiger partial charge in [0.15, 0.2) is 0 Å². The highest BCUT2D eigenvalue weighted by atomic mass is 35.5. The van der Waals surface area contributed by atoms with Gasteiger partial charge in [0.05, 0.1) is 22.8 Å². The number of ether oxygens (including phenoxy) is 1. The fraction of sp³-hybridized carbons (Fsp3) is 0.333. The topological polar surface area (TPSA) is 56.1 Å². The molecule has 5 nitrogen and oxygen atoms in total. The van der Waals surface area contributed by atoms with Gasteiger partial charge in [-0.25, -0.2) is 4.39 Å². The highest BCUT2D eigenvalue weighted by molar-refractivity contribution is 6.34. The van der Waals surface area contributed by atoms with E-state index in [-0.39, 0.29) is 22.7 Å². The van der Waals surface area contributed by atoms with Crippen molar-refractivity contribution in [2.75, 3.05) is 6.61 Å². The van der Waals surface area contributed by atoms with Crippen LogP contribution in [0.1, 0.15) is 28.4 Å². The number of aryl methyl sites for hydroxylation is 1. The molecule has 1 aliphatic rings. The van der Waals surface area contributed by atoms with Crippen LogP contribution in [0.2, 0.25) is 5.02 Å². The lowest BCUT2D eigenvalue weighted by Crippen LogP contribution is -2.37. The van der Waals surface area contributed by atoms with Crippen LogP contribution in [0, 0.1) is 5.82 Å². The van der Waals surface area contributed by atoms with Gasteiger partial charge in [-0.05, 0) is 18.6 Å². The predicted molar refractivity (Wildman–Crippen MR) is 79.2 cm³/mol. The molecule has 2 aromatic rings. The molecule has 1 amide bonds. The Hall–Kier alpha value is -1.92. The lowest BCUT2D eigenvalue weighted by atomic mass is 10.0. The Morgan fingerprint density at radius 3 is 3.09 bits per heavy atom. The van der Waals surface area contributed by atoms with Crippen LogP contribution in [0.25, 0.3) is 0 Å². The molecule has 0 aliphatic carbocycles. The van der Waals surface area contributed by atoms with Crippen molar-refractivity contribution >= 4 is 17.5 Å². The van der Waals surface area contributed by atoms with E-state index in [4.69, 9.17) is 16.3 Å². The van der Waals surface area contributed by atoms with Gasteiger partial charge in [-0.1, -0.05) is 17.7 Å². The molecule has 1 fully saturated rings. The summed E-state index contributed by atoms with van der Waals surface area (Å²) in [5.41, 5.74) is 1.02. The Morgan fingerprint density at radius 1 is 1.55 bits per heavy atom. The molecule has 116 valence electrons. The minimum Gasteiger partial charge on any atom is -0.371 e. The molecular weight excluding hydrogens is 309 g/mol. The Bertz CT molecular complexity index is 704. The number of nitrogens with one attached hydrogen (secondary N) is 1. The van der Waals surface area contributed by atoms with E-state index in [1.165, 1.54) is 18.2 Å². The molecule has 1 N–H and O–H groups in total. The zero-order valence-corrected chi connectivity index (χ0v) is 12.7. The van der Waals surface area contributed by atoms with Crippen LogP contribution in [0.15, 0.2) is 30.6 Å². The maximum atomic E-state index is 13.4. The Kier molecular flexibility index (Phi) is 4.13. The number of benzene rings is 1. The van der Waals surface area contributed by atoms with Crippen LogP contribution in [0.3, 0.4) is 0 Å². The van der Waals surface area contributed by atoms with E-state index in [2.05, 4.69) is 10.4 Å². The fourth-order valence-electron chi connectivity index (χ4n) is 2.58. The van der Waals surface area contributed by atoms with Gasteiger partial charge in [0.2, 0.25) is 0 Å². The van der Waals surface area contributed by atoms with Gasteiger partial charge in [0.1, 0.15) is 11.9 Å². The largest absolute Gasteiger partial charge is 0.371 e. The van der Waals surface area contributed by atoms with Crippen LogP contribution >= 0.6 is 11.6 Å². The number of hydrogen-bond acceptors (Lipinski definition) is 3. The molecule has 0 unspecified atom stereocenters. The molecule has 0 radical (unpaired) electrons. The molecule has 7 heteroatoms. The third-order valence-electron chi connectivity index (χ3n) is 3.66. The third-order valence-corrected chi connectivity index (χ3v) is 4.04. The van der Waals surface area contributed by atoms with E-state index in [1.54, 1.807) is 10.9 Å². The highest BCUT2D eigenvalue weighted by Gasteiger charge is 2.32. The molecule has 1 saturated heterocycles. The molecule has 0 saturated carbocycles. The second-order valence-corrected chi connectivity index (χ2v) is 5.59. The van der Waals surface area contributed by atoms with Crippen LogP contribution in [-0.4, -0.2) is 28.3 Å². The van der Waals surface area contributed by atoms with Crippen molar-refractivity contribution in [1.29, 1.82) is 0 Å². The molecule has 2 atom stereocenters. The summed E-state index contributed by atoms with van der Waals surface area (Å²) in [7, 11) is 1.82. The van der Waals surface area contributed by atoms with Gasteiger partial charge in [-0.3, -0.25) is 9.48 Å². The normalized spacial score (nSPS) is 21.0. The highest BCUT2D eigenvalue weighted by Crippen LogP contribution is 2.29. The number of carbonyl (C=O) groups excluding carboxylic acids is 1. The first-order valence-corrected chi connectivity index (χ1v) is 7.29. The zero-order chi connectivity index (χ0) is 15.7. The molecule has 0 spiro atoms. The second kappa shape index (κ2) is 6.06. The summed E-state index contributed by atoms with van der Waals surface area (Å²) in [6.45, 7) is 0.543. The lowest BCUT2D eigenvalue weighted by molar-refractivity contribution is 0.0821. The summed E-state index contributed by atoms with van der Waals surface area (Å²) in [6.07, 6.45) is 3.98. The first-order valence-electron chi connectivity index (χ1n) is 6.91. The molecule has 1 aromatic heterocycles. The average molecular weight is 324 g/mol. The predicted octanol–water partition coefficient (Wildman–Crippen LogP) is 2.47. The summed E-state index contributed by atoms with van der Waals surface area (Å²) in [5, 5.41) is 6.81. The number of aromatic nitrogens is 2. The van der Waals surface area contributed by atoms with Crippen LogP contribution in [0.4, 0.5) is 4.39 Å². The Balaban J connectivity index is 1.77. The first kappa shape index (κ1) is 15.0. The standard InChI is InChI=1S/C15H15ClFN3O2/c1-20-8-9(7-18-20)14-12(5-6-22-14)19-15(21)10-3-2-4-11(17)13(10)16/h2-4,7-8,12,14H,5-6H2,1H3,(H,19,21)/t12-,14+/m1/s1. The fourth-order valence-corrected chi connectivity index (χ4v) is 2.79. The second-order valence-electron chi connectivity index (χ2n) is 5.21. The van der Waals surface area contributed by atoms with Crippen molar-refractivity contribution < 1.29 is 13.9 Å². The van der Waals surface area contributed by atoms with Crippen molar-refractivity contribution in [3.63, 3.8) is 0 Å². The smallest absolute Gasteiger partial charge is 0.253 e.